The van der Waals surface area contributed by atoms with Crippen molar-refractivity contribution in [1.29, 1.82) is 0 Å². The molecule has 0 radical (unpaired) electrons. The Hall–Kier alpha value is -1.64. The maximum atomic E-state index is 4.72. The van der Waals surface area contributed by atoms with E-state index in [4.69, 9.17) is 4.99 Å². The average molecular weight is 482 g/mol. The zero-order chi connectivity index (χ0) is 18.4. The molecule has 2 aromatic heterocycles. The van der Waals surface area contributed by atoms with Gasteiger partial charge in [-0.25, -0.2) is 15.0 Å². The average Bonchev–Trinajstić information content (AvgIpc) is 3.05. The lowest BCUT2D eigenvalue weighted by atomic mass is 9.67. The highest BCUT2D eigenvalue weighted by molar-refractivity contribution is 14.0. The fourth-order valence-corrected chi connectivity index (χ4v) is 3.39. The first-order valence-electron chi connectivity index (χ1n) is 9.63. The lowest BCUT2D eigenvalue weighted by molar-refractivity contribution is 0.131. The fourth-order valence-electron chi connectivity index (χ4n) is 3.39. The number of hydrogen-bond acceptors (Lipinski definition) is 3. The quantitative estimate of drug-likeness (QED) is 0.358. The highest BCUT2D eigenvalue weighted by Gasteiger charge is 2.34. The molecule has 3 rings (SSSR count). The van der Waals surface area contributed by atoms with Crippen LogP contribution in [0.1, 0.15) is 50.9 Å². The molecule has 0 unspecified atom stereocenters. The molecule has 2 N–H and O–H groups in total. The monoisotopic (exact) mass is 482 g/mol. The maximum absolute atomic E-state index is 4.72. The van der Waals surface area contributed by atoms with Crippen LogP contribution in [0.25, 0.3) is 5.82 Å². The normalized spacial score (nSPS) is 15.6. The number of imidazole rings is 1. The summed E-state index contributed by atoms with van der Waals surface area (Å²) in [6, 6.07) is 4.09. The predicted octanol–water partition coefficient (Wildman–Crippen LogP) is 3.83. The minimum absolute atomic E-state index is 0. The lowest BCUT2D eigenvalue weighted by Gasteiger charge is -2.41. The van der Waals surface area contributed by atoms with Crippen LogP contribution in [-0.4, -0.2) is 33.6 Å². The Kier molecular flexibility index (Phi) is 8.07. The van der Waals surface area contributed by atoms with Crippen LogP contribution in [0, 0.1) is 12.3 Å². The number of halogens is 1. The van der Waals surface area contributed by atoms with Crippen molar-refractivity contribution in [2.45, 2.75) is 53.0 Å². The number of hydrogen-bond donors (Lipinski definition) is 2. The summed E-state index contributed by atoms with van der Waals surface area (Å²) in [6.07, 6.45) is 10.8. The molecular formula is C20H31IN6. The number of guanidine groups is 1. The third kappa shape index (κ3) is 5.43. The number of nitrogens with zero attached hydrogens (tertiary/aromatic N) is 4. The van der Waals surface area contributed by atoms with Gasteiger partial charge in [0.2, 0.25) is 0 Å². The van der Waals surface area contributed by atoms with Crippen LogP contribution in [0.4, 0.5) is 0 Å². The molecule has 2 aromatic rings. The molecule has 1 aliphatic carbocycles. The van der Waals surface area contributed by atoms with Gasteiger partial charge in [0.1, 0.15) is 11.6 Å². The van der Waals surface area contributed by atoms with Gasteiger partial charge in [0.05, 0.1) is 6.54 Å². The van der Waals surface area contributed by atoms with Gasteiger partial charge in [0.15, 0.2) is 5.96 Å². The standard InChI is InChI=1S/C20H30N6.HI/c1-4-20(9-6-10-20)15-25-19(21-5-2)24-14-17-7-8-18(23-13-17)26-12-11-22-16(26)3;/h7-8,11-13H,4-6,9-10,14-15H2,1-3H3,(H2,21,24,25);1H. The molecule has 0 aromatic carbocycles. The van der Waals surface area contributed by atoms with E-state index in [9.17, 15) is 0 Å². The minimum Gasteiger partial charge on any atom is -0.357 e. The van der Waals surface area contributed by atoms with Crippen molar-refractivity contribution in [1.82, 2.24) is 25.2 Å². The van der Waals surface area contributed by atoms with Crippen LogP contribution >= 0.6 is 24.0 Å². The van der Waals surface area contributed by atoms with Crippen LogP contribution in [-0.2, 0) is 6.54 Å². The van der Waals surface area contributed by atoms with Gasteiger partial charge in [-0.05, 0) is 50.2 Å². The van der Waals surface area contributed by atoms with E-state index in [1.165, 1.54) is 25.7 Å². The van der Waals surface area contributed by atoms with Gasteiger partial charge in [-0.3, -0.25) is 4.57 Å². The second-order valence-corrected chi connectivity index (χ2v) is 7.12. The Bertz CT molecular complexity index is 728. The van der Waals surface area contributed by atoms with Gasteiger partial charge in [0.25, 0.3) is 0 Å². The molecule has 27 heavy (non-hydrogen) atoms. The third-order valence-corrected chi connectivity index (χ3v) is 5.44. The van der Waals surface area contributed by atoms with E-state index in [0.29, 0.717) is 12.0 Å². The molecule has 1 aliphatic rings. The topological polar surface area (TPSA) is 67.1 Å². The first-order chi connectivity index (χ1) is 12.7. The van der Waals surface area contributed by atoms with E-state index in [0.717, 1.165) is 36.3 Å². The van der Waals surface area contributed by atoms with Crippen molar-refractivity contribution in [2.75, 3.05) is 13.1 Å². The molecule has 0 saturated heterocycles. The van der Waals surface area contributed by atoms with Crippen molar-refractivity contribution >= 4 is 29.9 Å². The number of pyridine rings is 1. The number of aromatic nitrogens is 3. The first-order valence-corrected chi connectivity index (χ1v) is 9.63. The van der Waals surface area contributed by atoms with Crippen LogP contribution < -0.4 is 10.6 Å². The van der Waals surface area contributed by atoms with Gasteiger partial charge in [-0.15, -0.1) is 24.0 Å². The zero-order valence-electron chi connectivity index (χ0n) is 16.5. The third-order valence-electron chi connectivity index (χ3n) is 5.44. The molecule has 1 saturated carbocycles. The van der Waals surface area contributed by atoms with E-state index in [2.05, 4.69) is 40.5 Å². The second-order valence-electron chi connectivity index (χ2n) is 7.12. The van der Waals surface area contributed by atoms with Crippen molar-refractivity contribution in [2.24, 2.45) is 10.4 Å². The SMILES string of the molecule is CCNC(=NCc1ccc(-n2ccnc2C)nc1)NCC1(CC)CCC1.I. The van der Waals surface area contributed by atoms with Gasteiger partial charge >= 0.3 is 0 Å². The summed E-state index contributed by atoms with van der Waals surface area (Å²) in [5, 5.41) is 6.88. The first kappa shape index (κ1) is 21.7. The summed E-state index contributed by atoms with van der Waals surface area (Å²) in [7, 11) is 0. The number of nitrogens with one attached hydrogen (secondary N) is 2. The van der Waals surface area contributed by atoms with E-state index in [1.807, 2.05) is 30.0 Å². The van der Waals surface area contributed by atoms with Crippen LogP contribution in [0.2, 0.25) is 0 Å². The Morgan fingerprint density at radius 1 is 1.22 bits per heavy atom. The van der Waals surface area contributed by atoms with E-state index in [-0.39, 0.29) is 24.0 Å². The highest BCUT2D eigenvalue weighted by atomic mass is 127. The minimum atomic E-state index is 0. The van der Waals surface area contributed by atoms with E-state index < -0.39 is 0 Å². The van der Waals surface area contributed by atoms with Crippen LogP contribution in [0.15, 0.2) is 35.7 Å². The molecule has 7 heteroatoms. The van der Waals surface area contributed by atoms with Crippen LogP contribution in [0.3, 0.4) is 0 Å². The Morgan fingerprint density at radius 3 is 2.56 bits per heavy atom. The zero-order valence-corrected chi connectivity index (χ0v) is 18.9. The van der Waals surface area contributed by atoms with Crippen molar-refractivity contribution < 1.29 is 0 Å². The molecular weight excluding hydrogens is 451 g/mol. The molecule has 6 nitrogen and oxygen atoms in total. The molecule has 0 bridgehead atoms. The van der Waals surface area contributed by atoms with E-state index >= 15 is 0 Å². The summed E-state index contributed by atoms with van der Waals surface area (Å²) < 4.78 is 1.97. The Balaban J connectivity index is 0.00000261. The molecule has 0 spiro atoms. The molecule has 2 heterocycles. The number of rotatable bonds is 7. The van der Waals surface area contributed by atoms with E-state index in [1.54, 1.807) is 6.20 Å². The van der Waals surface area contributed by atoms with Crippen molar-refractivity contribution in [3.8, 4) is 5.82 Å². The van der Waals surface area contributed by atoms with Gasteiger partial charge in [-0.1, -0.05) is 19.4 Å². The molecule has 0 aliphatic heterocycles. The van der Waals surface area contributed by atoms with Gasteiger partial charge in [0, 0.05) is 31.7 Å². The van der Waals surface area contributed by atoms with Crippen molar-refractivity contribution in [3.05, 3.63) is 42.1 Å². The summed E-state index contributed by atoms with van der Waals surface area (Å²) in [4.78, 5) is 13.5. The predicted molar refractivity (Wildman–Crippen MR) is 121 cm³/mol. The molecule has 1 fully saturated rings. The summed E-state index contributed by atoms with van der Waals surface area (Å²) in [6.45, 7) is 8.85. The molecule has 0 atom stereocenters. The van der Waals surface area contributed by atoms with Gasteiger partial charge < -0.3 is 10.6 Å². The second kappa shape index (κ2) is 10.1. The fraction of sp³-hybridized carbons (Fsp3) is 0.550. The Morgan fingerprint density at radius 2 is 2.04 bits per heavy atom. The van der Waals surface area contributed by atoms with Crippen molar-refractivity contribution in [3.63, 3.8) is 0 Å². The van der Waals surface area contributed by atoms with Crippen LogP contribution in [0.5, 0.6) is 0 Å². The molecule has 148 valence electrons. The summed E-state index contributed by atoms with van der Waals surface area (Å²) >= 11 is 0. The largest absolute Gasteiger partial charge is 0.357 e. The highest BCUT2D eigenvalue weighted by Crippen LogP contribution is 2.42. The lowest BCUT2D eigenvalue weighted by Crippen LogP contribution is -2.46. The smallest absolute Gasteiger partial charge is 0.191 e. The summed E-state index contributed by atoms with van der Waals surface area (Å²) in [5.41, 5.74) is 1.57. The maximum Gasteiger partial charge on any atom is 0.191 e. The Labute approximate surface area is 179 Å². The van der Waals surface area contributed by atoms with Gasteiger partial charge in [-0.2, -0.15) is 0 Å². The summed E-state index contributed by atoms with van der Waals surface area (Å²) in [5.74, 6) is 2.71. The molecule has 0 amide bonds. The number of aliphatic imine (C=N–C) groups is 1. The number of aryl methyl sites for hydroxylation is 1.